The summed E-state index contributed by atoms with van der Waals surface area (Å²) in [5.41, 5.74) is 1.01. The maximum absolute atomic E-state index is 11.4. The quantitative estimate of drug-likeness (QED) is 0.401. The summed E-state index contributed by atoms with van der Waals surface area (Å²) < 4.78 is 1.60. The highest BCUT2D eigenvalue weighted by Gasteiger charge is 2.18. The van der Waals surface area contributed by atoms with Gasteiger partial charge in [0.25, 0.3) is 5.69 Å². The molecule has 0 bridgehead atoms. The number of hydrogen-bond acceptors (Lipinski definition) is 6. The number of Topliss-reactive ketones (excluding diaryl/α,β-unsaturated/α-hetero) is 1. The highest BCUT2D eigenvalue weighted by Crippen LogP contribution is 2.33. The van der Waals surface area contributed by atoms with Crippen LogP contribution in [0.5, 0.6) is 0 Å². The van der Waals surface area contributed by atoms with Gasteiger partial charge >= 0.3 is 0 Å². The van der Waals surface area contributed by atoms with Crippen LogP contribution in [0.3, 0.4) is 0 Å². The number of ketones is 1. The van der Waals surface area contributed by atoms with E-state index in [2.05, 4.69) is 10.1 Å². The van der Waals surface area contributed by atoms with Gasteiger partial charge in [-0.25, -0.2) is 9.67 Å². The minimum Gasteiger partial charge on any atom is -0.295 e. The maximum Gasteiger partial charge on any atom is 0.284 e. The van der Waals surface area contributed by atoms with Crippen molar-refractivity contribution in [3.05, 3.63) is 70.5 Å². The standard InChI is InChI=1S/C16H12N4O3S/c1-11(21)12-7-8-15(14(9-12)20(22)23)24-16-17-10-19(18-16)13-5-3-2-4-6-13/h2-10H,1H3. The molecule has 0 amide bonds. The van der Waals surface area contributed by atoms with Crippen LogP contribution in [-0.2, 0) is 0 Å². The Morgan fingerprint density at radius 2 is 1.96 bits per heavy atom. The third-order valence-electron chi connectivity index (χ3n) is 3.25. The van der Waals surface area contributed by atoms with Gasteiger partial charge in [-0.2, -0.15) is 0 Å². The first-order chi connectivity index (χ1) is 11.5. The van der Waals surface area contributed by atoms with E-state index in [4.69, 9.17) is 0 Å². The third-order valence-corrected chi connectivity index (χ3v) is 4.19. The molecule has 3 aromatic rings. The summed E-state index contributed by atoms with van der Waals surface area (Å²) >= 11 is 1.08. The second kappa shape index (κ2) is 6.63. The number of nitrogens with zero attached hydrogens (tertiary/aromatic N) is 4. The summed E-state index contributed by atoms with van der Waals surface area (Å²) in [5.74, 6) is -0.221. The molecular formula is C16H12N4O3S. The van der Waals surface area contributed by atoms with Gasteiger partial charge in [-0.05, 0) is 43.0 Å². The highest BCUT2D eigenvalue weighted by atomic mass is 32.2. The van der Waals surface area contributed by atoms with E-state index in [1.165, 1.54) is 13.0 Å². The minimum absolute atomic E-state index is 0.135. The summed E-state index contributed by atoms with van der Waals surface area (Å²) in [6.07, 6.45) is 1.55. The summed E-state index contributed by atoms with van der Waals surface area (Å²) in [7, 11) is 0. The molecule has 8 heteroatoms. The molecule has 0 fully saturated rings. The molecule has 0 aliphatic carbocycles. The van der Waals surface area contributed by atoms with Gasteiger partial charge in [0.2, 0.25) is 5.16 Å². The largest absolute Gasteiger partial charge is 0.295 e. The predicted molar refractivity (Wildman–Crippen MR) is 88.6 cm³/mol. The van der Waals surface area contributed by atoms with Crippen LogP contribution < -0.4 is 0 Å². The van der Waals surface area contributed by atoms with Crippen LogP contribution in [0, 0.1) is 10.1 Å². The fourth-order valence-electron chi connectivity index (χ4n) is 2.06. The lowest BCUT2D eigenvalue weighted by atomic mass is 10.1. The molecule has 0 unspecified atom stereocenters. The Labute approximate surface area is 141 Å². The van der Waals surface area contributed by atoms with Crippen LogP contribution in [0.15, 0.2) is 64.9 Å². The van der Waals surface area contributed by atoms with Crippen molar-refractivity contribution < 1.29 is 9.72 Å². The van der Waals surface area contributed by atoms with Gasteiger partial charge in [0, 0.05) is 11.6 Å². The molecule has 2 aromatic carbocycles. The Balaban J connectivity index is 1.90. The van der Waals surface area contributed by atoms with Crippen molar-refractivity contribution >= 4 is 23.2 Å². The van der Waals surface area contributed by atoms with Crippen molar-refractivity contribution in [1.29, 1.82) is 0 Å². The lowest BCUT2D eigenvalue weighted by Gasteiger charge is -2.02. The van der Waals surface area contributed by atoms with E-state index in [1.807, 2.05) is 30.3 Å². The molecule has 0 atom stereocenters. The number of rotatable bonds is 5. The number of para-hydroxylation sites is 1. The first kappa shape index (κ1) is 15.9. The summed E-state index contributed by atoms with van der Waals surface area (Å²) in [6, 6.07) is 13.8. The van der Waals surface area contributed by atoms with E-state index in [9.17, 15) is 14.9 Å². The first-order valence-corrected chi connectivity index (χ1v) is 7.80. The monoisotopic (exact) mass is 340 g/mol. The second-order valence-corrected chi connectivity index (χ2v) is 5.91. The molecule has 0 spiro atoms. The van der Waals surface area contributed by atoms with Gasteiger partial charge in [-0.3, -0.25) is 14.9 Å². The predicted octanol–water partition coefficient (Wildman–Crippen LogP) is 3.53. The van der Waals surface area contributed by atoms with Crippen molar-refractivity contribution in [1.82, 2.24) is 14.8 Å². The number of nitro benzene ring substituents is 1. The Kier molecular flexibility index (Phi) is 4.39. The molecule has 0 N–H and O–H groups in total. The van der Waals surface area contributed by atoms with E-state index in [0.29, 0.717) is 15.6 Å². The number of carbonyl (C=O) groups is 1. The van der Waals surface area contributed by atoms with E-state index < -0.39 is 4.92 Å². The molecule has 3 rings (SSSR count). The fourth-order valence-corrected chi connectivity index (χ4v) is 2.86. The van der Waals surface area contributed by atoms with Crippen LogP contribution in [0.25, 0.3) is 5.69 Å². The first-order valence-electron chi connectivity index (χ1n) is 6.99. The van der Waals surface area contributed by atoms with Crippen molar-refractivity contribution in [3.63, 3.8) is 0 Å². The van der Waals surface area contributed by atoms with Crippen LogP contribution in [0.2, 0.25) is 0 Å². The molecule has 1 heterocycles. The van der Waals surface area contributed by atoms with Gasteiger partial charge < -0.3 is 0 Å². The zero-order chi connectivity index (χ0) is 17.1. The molecule has 120 valence electrons. The van der Waals surface area contributed by atoms with Gasteiger partial charge in [-0.15, -0.1) is 5.10 Å². The van der Waals surface area contributed by atoms with Crippen molar-refractivity contribution in [2.24, 2.45) is 0 Å². The summed E-state index contributed by atoms with van der Waals surface area (Å²) in [6.45, 7) is 1.37. The normalized spacial score (nSPS) is 10.5. The zero-order valence-electron chi connectivity index (χ0n) is 12.6. The number of carbonyl (C=O) groups excluding carboxylic acids is 1. The topological polar surface area (TPSA) is 90.9 Å². The Bertz CT molecular complexity index is 909. The Hall–Kier alpha value is -3.00. The lowest BCUT2D eigenvalue weighted by Crippen LogP contribution is -1.97. The molecule has 1 aromatic heterocycles. The summed E-state index contributed by atoms with van der Waals surface area (Å²) in [5, 5.41) is 15.9. The molecule has 7 nitrogen and oxygen atoms in total. The lowest BCUT2D eigenvalue weighted by molar-refractivity contribution is -0.387. The van der Waals surface area contributed by atoms with Crippen molar-refractivity contribution in [2.75, 3.05) is 0 Å². The molecule has 24 heavy (non-hydrogen) atoms. The van der Waals surface area contributed by atoms with Crippen LogP contribution >= 0.6 is 11.8 Å². The van der Waals surface area contributed by atoms with E-state index >= 15 is 0 Å². The fraction of sp³-hybridized carbons (Fsp3) is 0.0625. The molecule has 0 saturated heterocycles. The molecule has 0 radical (unpaired) electrons. The van der Waals surface area contributed by atoms with Gasteiger partial charge in [0.15, 0.2) is 5.78 Å². The van der Waals surface area contributed by atoms with Crippen molar-refractivity contribution in [2.45, 2.75) is 17.0 Å². The maximum atomic E-state index is 11.4. The molecule has 0 aliphatic rings. The SMILES string of the molecule is CC(=O)c1ccc(Sc2ncn(-c3ccccc3)n2)c([N+](=O)[O-])c1. The zero-order valence-corrected chi connectivity index (χ0v) is 13.4. The van der Waals surface area contributed by atoms with Crippen LogP contribution in [0.4, 0.5) is 5.69 Å². The van der Waals surface area contributed by atoms with Crippen LogP contribution in [-0.4, -0.2) is 25.5 Å². The highest BCUT2D eigenvalue weighted by molar-refractivity contribution is 7.99. The number of nitro groups is 1. The van der Waals surface area contributed by atoms with Crippen LogP contribution in [0.1, 0.15) is 17.3 Å². The Morgan fingerprint density at radius 3 is 2.62 bits per heavy atom. The Morgan fingerprint density at radius 1 is 1.21 bits per heavy atom. The third kappa shape index (κ3) is 3.33. The number of aromatic nitrogens is 3. The average Bonchev–Trinajstić information content (AvgIpc) is 3.04. The second-order valence-electron chi connectivity index (χ2n) is 4.91. The van der Waals surface area contributed by atoms with E-state index in [-0.39, 0.29) is 11.5 Å². The van der Waals surface area contributed by atoms with Gasteiger partial charge in [-0.1, -0.05) is 18.2 Å². The number of hydrogen-bond donors (Lipinski definition) is 0. The molecular weight excluding hydrogens is 328 g/mol. The van der Waals surface area contributed by atoms with E-state index in [1.54, 1.807) is 23.1 Å². The smallest absolute Gasteiger partial charge is 0.284 e. The molecule has 0 aliphatic heterocycles. The molecule has 0 saturated carbocycles. The van der Waals surface area contributed by atoms with E-state index in [0.717, 1.165) is 17.4 Å². The average molecular weight is 340 g/mol. The van der Waals surface area contributed by atoms with Gasteiger partial charge in [0.05, 0.1) is 15.5 Å². The van der Waals surface area contributed by atoms with Gasteiger partial charge in [0.1, 0.15) is 6.33 Å². The minimum atomic E-state index is -0.511. The summed E-state index contributed by atoms with van der Waals surface area (Å²) in [4.78, 5) is 26.7. The van der Waals surface area contributed by atoms with Crippen molar-refractivity contribution in [3.8, 4) is 5.69 Å². The number of benzene rings is 2.